The van der Waals surface area contributed by atoms with Gasteiger partial charge in [-0.05, 0) is 42.5 Å². The number of aromatic nitrogens is 3. The van der Waals surface area contributed by atoms with Crippen LogP contribution in [0.15, 0.2) is 46.9 Å². The summed E-state index contributed by atoms with van der Waals surface area (Å²) < 4.78 is 2.98. The van der Waals surface area contributed by atoms with Gasteiger partial charge in [0.1, 0.15) is 0 Å². The maximum atomic E-state index is 11.3. The fraction of sp³-hybridized carbons (Fsp3) is 0. The van der Waals surface area contributed by atoms with Gasteiger partial charge in [0.2, 0.25) is 0 Å². The number of nitrogens with one attached hydrogen (secondary N) is 1. The van der Waals surface area contributed by atoms with E-state index in [0.717, 1.165) is 10.0 Å². The molecule has 3 aromatic rings. The van der Waals surface area contributed by atoms with Crippen LogP contribution in [0.5, 0.6) is 0 Å². The first-order chi connectivity index (χ1) is 11.0. The van der Waals surface area contributed by atoms with Crippen LogP contribution in [0.3, 0.4) is 0 Å². The van der Waals surface area contributed by atoms with E-state index < -0.39 is 5.97 Å². The van der Waals surface area contributed by atoms with E-state index in [4.69, 9.17) is 23.8 Å². The van der Waals surface area contributed by atoms with Gasteiger partial charge in [0.15, 0.2) is 10.6 Å². The number of nitrogens with zero attached hydrogens (tertiary/aromatic N) is 2. The lowest BCUT2D eigenvalue weighted by atomic mass is 10.1. The molecule has 1 heterocycles. The van der Waals surface area contributed by atoms with Crippen molar-refractivity contribution in [3.63, 3.8) is 0 Å². The van der Waals surface area contributed by atoms with Crippen LogP contribution < -0.4 is 0 Å². The van der Waals surface area contributed by atoms with E-state index in [1.54, 1.807) is 10.6 Å². The van der Waals surface area contributed by atoms with Crippen LogP contribution in [-0.4, -0.2) is 25.8 Å². The van der Waals surface area contributed by atoms with E-state index in [1.165, 1.54) is 12.1 Å². The third kappa shape index (κ3) is 3.08. The van der Waals surface area contributed by atoms with Crippen molar-refractivity contribution >= 4 is 45.7 Å². The first kappa shape index (κ1) is 15.9. The van der Waals surface area contributed by atoms with Gasteiger partial charge in [-0.15, -0.1) is 0 Å². The van der Waals surface area contributed by atoms with Crippen molar-refractivity contribution in [2.45, 2.75) is 0 Å². The molecule has 0 fully saturated rings. The Hall–Kier alpha value is -1.96. The molecule has 0 aliphatic carbocycles. The zero-order chi connectivity index (χ0) is 16.6. The lowest BCUT2D eigenvalue weighted by molar-refractivity contribution is 0.0697. The Morgan fingerprint density at radius 1 is 1.26 bits per heavy atom. The summed E-state index contributed by atoms with van der Waals surface area (Å²) in [6.07, 6.45) is 0. The monoisotopic (exact) mass is 409 g/mol. The van der Waals surface area contributed by atoms with Gasteiger partial charge in [0.05, 0.1) is 16.3 Å². The highest BCUT2D eigenvalue weighted by Crippen LogP contribution is 2.26. The molecule has 0 amide bonds. The van der Waals surface area contributed by atoms with Gasteiger partial charge in [-0.25, -0.2) is 4.79 Å². The minimum atomic E-state index is -1.10. The topological polar surface area (TPSA) is 70.9 Å². The van der Waals surface area contributed by atoms with Crippen LogP contribution in [0, 0.1) is 4.77 Å². The van der Waals surface area contributed by atoms with Crippen molar-refractivity contribution in [1.82, 2.24) is 14.8 Å². The third-order valence-electron chi connectivity index (χ3n) is 3.21. The summed E-state index contributed by atoms with van der Waals surface area (Å²) >= 11 is 14.6. The predicted molar refractivity (Wildman–Crippen MR) is 93.9 cm³/mol. The average molecular weight is 411 g/mol. The van der Waals surface area contributed by atoms with Gasteiger partial charge in [-0.2, -0.15) is 5.10 Å². The number of carbonyl (C=O) groups is 1. The number of aromatic amines is 1. The second-order valence-corrected chi connectivity index (χ2v) is 6.37. The Bertz CT molecular complexity index is 950. The van der Waals surface area contributed by atoms with Crippen molar-refractivity contribution in [1.29, 1.82) is 0 Å². The minimum Gasteiger partial charge on any atom is -0.478 e. The quantitative estimate of drug-likeness (QED) is 0.613. The normalized spacial score (nSPS) is 10.7. The van der Waals surface area contributed by atoms with E-state index >= 15 is 0 Å². The Balaban J connectivity index is 2.20. The van der Waals surface area contributed by atoms with Crippen LogP contribution in [0.2, 0.25) is 5.02 Å². The van der Waals surface area contributed by atoms with Crippen LogP contribution in [0.25, 0.3) is 17.1 Å². The molecule has 23 heavy (non-hydrogen) atoms. The van der Waals surface area contributed by atoms with Gasteiger partial charge < -0.3 is 5.11 Å². The van der Waals surface area contributed by atoms with E-state index in [2.05, 4.69) is 26.1 Å². The molecule has 0 radical (unpaired) electrons. The summed E-state index contributed by atoms with van der Waals surface area (Å²) in [5.41, 5.74) is 1.42. The fourth-order valence-electron chi connectivity index (χ4n) is 2.15. The second kappa shape index (κ2) is 6.27. The molecule has 0 spiro atoms. The first-order valence-corrected chi connectivity index (χ1v) is 8.02. The van der Waals surface area contributed by atoms with Gasteiger partial charge >= 0.3 is 5.97 Å². The van der Waals surface area contributed by atoms with Crippen molar-refractivity contribution in [3.05, 3.63) is 62.3 Å². The average Bonchev–Trinajstić information content (AvgIpc) is 2.90. The van der Waals surface area contributed by atoms with Gasteiger partial charge in [-0.3, -0.25) is 9.67 Å². The molecular formula is C15H9BrClN3O2S. The maximum Gasteiger partial charge on any atom is 0.337 e. The highest BCUT2D eigenvalue weighted by molar-refractivity contribution is 9.10. The van der Waals surface area contributed by atoms with Gasteiger partial charge in [-0.1, -0.05) is 39.7 Å². The van der Waals surface area contributed by atoms with Crippen molar-refractivity contribution in [2.24, 2.45) is 0 Å². The number of carboxylic acids is 1. The largest absolute Gasteiger partial charge is 0.478 e. The van der Waals surface area contributed by atoms with Crippen LogP contribution in [-0.2, 0) is 0 Å². The smallest absolute Gasteiger partial charge is 0.337 e. The van der Waals surface area contributed by atoms with E-state index in [-0.39, 0.29) is 10.6 Å². The summed E-state index contributed by atoms with van der Waals surface area (Å²) in [5, 5.41) is 16.4. The molecule has 0 aliphatic rings. The SMILES string of the molecule is O=C(O)c1cc(-n2c(-c3ccc(Br)cc3)n[nH]c2=S)ccc1Cl. The second-order valence-electron chi connectivity index (χ2n) is 4.66. The number of benzene rings is 2. The zero-order valence-electron chi connectivity index (χ0n) is 11.5. The number of aromatic carboxylic acids is 1. The number of rotatable bonds is 3. The summed E-state index contributed by atoms with van der Waals surface area (Å²) in [4.78, 5) is 11.3. The first-order valence-electron chi connectivity index (χ1n) is 6.44. The van der Waals surface area contributed by atoms with Crippen LogP contribution in [0.1, 0.15) is 10.4 Å². The molecule has 2 N–H and O–H groups in total. The van der Waals surface area contributed by atoms with Gasteiger partial charge in [0, 0.05) is 10.0 Å². The summed E-state index contributed by atoms with van der Waals surface area (Å²) in [5.74, 6) is -0.516. The Labute approximate surface area is 149 Å². The van der Waals surface area contributed by atoms with Crippen LogP contribution in [0.4, 0.5) is 0 Å². The summed E-state index contributed by atoms with van der Waals surface area (Å²) in [6, 6.07) is 12.3. The third-order valence-corrected chi connectivity index (χ3v) is 4.35. The molecule has 1 aromatic heterocycles. The highest BCUT2D eigenvalue weighted by Gasteiger charge is 2.15. The Morgan fingerprint density at radius 2 is 1.96 bits per heavy atom. The molecule has 0 aliphatic heterocycles. The van der Waals surface area contributed by atoms with Crippen LogP contribution >= 0.6 is 39.7 Å². The molecule has 3 rings (SSSR count). The number of carboxylic acid groups (broad SMARTS) is 1. The summed E-state index contributed by atoms with van der Waals surface area (Å²) in [7, 11) is 0. The van der Waals surface area contributed by atoms with E-state index in [9.17, 15) is 9.90 Å². The van der Waals surface area contributed by atoms with Crippen molar-refractivity contribution in [2.75, 3.05) is 0 Å². The van der Waals surface area contributed by atoms with Crippen molar-refractivity contribution in [3.8, 4) is 17.1 Å². The number of H-pyrrole nitrogens is 1. The number of halogens is 2. The summed E-state index contributed by atoms with van der Waals surface area (Å²) in [6.45, 7) is 0. The molecule has 8 heteroatoms. The standard InChI is InChI=1S/C15H9BrClN3O2S/c16-9-3-1-8(2-4-9)13-18-19-15(23)20(13)10-5-6-12(17)11(7-10)14(21)22/h1-7H,(H,19,23)(H,21,22). The van der Waals surface area contributed by atoms with E-state index in [0.29, 0.717) is 16.3 Å². The predicted octanol–water partition coefficient (Wildman–Crippen LogP) is 4.71. The number of hydrogen-bond acceptors (Lipinski definition) is 3. The maximum absolute atomic E-state index is 11.3. The Kier molecular flexibility index (Phi) is 4.34. The zero-order valence-corrected chi connectivity index (χ0v) is 14.6. The lowest BCUT2D eigenvalue weighted by Gasteiger charge is -2.09. The molecule has 0 bridgehead atoms. The molecule has 5 nitrogen and oxygen atoms in total. The lowest BCUT2D eigenvalue weighted by Crippen LogP contribution is -2.02. The fourth-order valence-corrected chi connectivity index (χ4v) is 2.85. The molecule has 0 saturated carbocycles. The molecule has 0 unspecified atom stereocenters. The molecule has 0 saturated heterocycles. The Morgan fingerprint density at radius 3 is 2.61 bits per heavy atom. The minimum absolute atomic E-state index is 0.00835. The highest BCUT2D eigenvalue weighted by atomic mass is 79.9. The molecule has 2 aromatic carbocycles. The van der Waals surface area contributed by atoms with Crippen molar-refractivity contribution < 1.29 is 9.90 Å². The van der Waals surface area contributed by atoms with E-state index in [1.807, 2.05) is 24.3 Å². The molecule has 116 valence electrons. The molecular weight excluding hydrogens is 402 g/mol. The van der Waals surface area contributed by atoms with Gasteiger partial charge in [0.25, 0.3) is 0 Å². The number of hydrogen-bond donors (Lipinski definition) is 2. The molecule has 0 atom stereocenters.